The molecule has 3 rings (SSSR count). The number of anilines is 2. The van der Waals surface area contributed by atoms with Crippen molar-refractivity contribution >= 4 is 35.0 Å². The number of hydrogen-bond donors (Lipinski definition) is 1. The van der Waals surface area contributed by atoms with Gasteiger partial charge in [0, 0.05) is 25.3 Å². The van der Waals surface area contributed by atoms with Crippen molar-refractivity contribution in [2.45, 2.75) is 78.2 Å². The molecule has 0 radical (unpaired) electrons. The van der Waals surface area contributed by atoms with E-state index in [4.69, 9.17) is 16.3 Å². The quantitative estimate of drug-likeness (QED) is 0.371. The van der Waals surface area contributed by atoms with E-state index in [1.165, 1.54) is 17.0 Å². The number of carbonyl (C=O) groups excluding carboxylic acids is 2. The van der Waals surface area contributed by atoms with Crippen LogP contribution in [0.5, 0.6) is 0 Å². The van der Waals surface area contributed by atoms with Crippen LogP contribution in [0.3, 0.4) is 0 Å². The van der Waals surface area contributed by atoms with Crippen LogP contribution < -0.4 is 10.2 Å². The first-order valence-electron chi connectivity index (χ1n) is 13.1. The molecule has 2 aromatic rings. The van der Waals surface area contributed by atoms with Crippen LogP contribution in [-0.4, -0.2) is 41.6 Å². The maximum Gasteiger partial charge on any atom is 0.416 e. The summed E-state index contributed by atoms with van der Waals surface area (Å²) in [5, 5.41) is 3.28. The molecule has 1 atom stereocenters. The van der Waals surface area contributed by atoms with Crippen molar-refractivity contribution in [1.29, 1.82) is 0 Å². The molecule has 39 heavy (non-hydrogen) atoms. The van der Waals surface area contributed by atoms with Gasteiger partial charge >= 0.3 is 12.3 Å². The minimum atomic E-state index is -4.39. The second-order valence-corrected chi connectivity index (χ2v) is 11.7. The molecule has 1 fully saturated rings. The van der Waals surface area contributed by atoms with Gasteiger partial charge in [-0.25, -0.2) is 4.79 Å². The van der Waals surface area contributed by atoms with Crippen molar-refractivity contribution in [1.82, 2.24) is 4.90 Å². The summed E-state index contributed by atoms with van der Waals surface area (Å²) in [4.78, 5) is 29.4. The number of ether oxygens (including phenoxy) is 1. The van der Waals surface area contributed by atoms with E-state index >= 15 is 0 Å². The average molecular weight is 568 g/mol. The van der Waals surface area contributed by atoms with E-state index in [0.29, 0.717) is 42.5 Å². The Morgan fingerprint density at radius 1 is 1.10 bits per heavy atom. The first kappa shape index (κ1) is 30.6. The van der Waals surface area contributed by atoms with Gasteiger partial charge in [0.05, 0.1) is 16.3 Å². The normalized spacial score (nSPS) is 16.3. The number of alkyl halides is 3. The summed E-state index contributed by atoms with van der Waals surface area (Å²) >= 11 is 6.65. The van der Waals surface area contributed by atoms with Gasteiger partial charge < -0.3 is 15.0 Å². The van der Waals surface area contributed by atoms with Gasteiger partial charge in [-0.1, -0.05) is 37.6 Å². The third-order valence-electron chi connectivity index (χ3n) is 6.23. The molecule has 1 aliphatic heterocycles. The van der Waals surface area contributed by atoms with E-state index in [2.05, 4.69) is 5.32 Å². The van der Waals surface area contributed by atoms with Gasteiger partial charge in [-0.2, -0.15) is 13.2 Å². The first-order chi connectivity index (χ1) is 18.1. The van der Waals surface area contributed by atoms with Crippen molar-refractivity contribution in [3.63, 3.8) is 0 Å². The number of hydrogen-bond acceptors (Lipinski definition) is 4. The molecule has 0 bridgehead atoms. The maximum atomic E-state index is 13.2. The second-order valence-electron chi connectivity index (χ2n) is 11.3. The van der Waals surface area contributed by atoms with Gasteiger partial charge in [-0.3, -0.25) is 9.69 Å². The molecular formula is C29H37ClF3N3O3. The van der Waals surface area contributed by atoms with Crippen LogP contribution in [0.2, 0.25) is 5.02 Å². The zero-order valence-corrected chi connectivity index (χ0v) is 23.8. The molecule has 0 unspecified atom stereocenters. The third kappa shape index (κ3) is 8.78. The topological polar surface area (TPSA) is 61.9 Å². The number of benzene rings is 2. The molecular weight excluding hydrogens is 531 g/mol. The molecule has 0 aromatic heterocycles. The minimum absolute atomic E-state index is 0.264. The average Bonchev–Trinajstić information content (AvgIpc) is 2.82. The van der Waals surface area contributed by atoms with Crippen LogP contribution in [0, 0.1) is 5.92 Å². The maximum absolute atomic E-state index is 13.2. The Hall–Kier alpha value is -2.94. The van der Waals surface area contributed by atoms with Gasteiger partial charge in [-0.15, -0.1) is 0 Å². The zero-order valence-electron chi connectivity index (χ0n) is 23.1. The van der Waals surface area contributed by atoms with E-state index in [9.17, 15) is 22.8 Å². The molecule has 1 heterocycles. The fourth-order valence-electron chi connectivity index (χ4n) is 4.52. The summed E-state index contributed by atoms with van der Waals surface area (Å²) in [6.45, 7) is 10.9. The zero-order chi connectivity index (χ0) is 29.0. The number of likely N-dealkylation sites (tertiary alicyclic amines) is 1. The molecule has 2 amide bonds. The Labute approximate surface area is 233 Å². The number of rotatable bonds is 7. The standard InChI is InChI=1S/C29H37ClF3N3O3/c1-19(2)17-35(18-20-9-11-21(12-10-20)29(31,32)33)24-14-13-22(16-23(24)30)34-26(37)25-8-6-7-15-36(25)27(38)39-28(3,4)5/h9-14,16,19,25H,6-8,15,17-18H2,1-5H3,(H,34,37)/t25-/m1/s1. The third-order valence-corrected chi connectivity index (χ3v) is 6.53. The van der Waals surface area contributed by atoms with Crippen LogP contribution in [-0.2, 0) is 22.3 Å². The second kappa shape index (κ2) is 12.5. The van der Waals surface area contributed by atoms with Crippen LogP contribution in [0.25, 0.3) is 0 Å². The number of halogens is 4. The number of nitrogens with one attached hydrogen (secondary N) is 1. The summed E-state index contributed by atoms with van der Waals surface area (Å²) in [6, 6.07) is 9.62. The summed E-state index contributed by atoms with van der Waals surface area (Å²) in [7, 11) is 0. The Morgan fingerprint density at radius 3 is 2.33 bits per heavy atom. The Morgan fingerprint density at radius 2 is 1.77 bits per heavy atom. The van der Waals surface area contributed by atoms with Gasteiger partial charge in [0.25, 0.3) is 0 Å². The molecule has 1 N–H and O–H groups in total. The van der Waals surface area contributed by atoms with Crippen LogP contribution in [0.15, 0.2) is 42.5 Å². The molecule has 1 aliphatic rings. The van der Waals surface area contributed by atoms with Crippen molar-refractivity contribution in [2.24, 2.45) is 5.92 Å². The number of carbonyl (C=O) groups is 2. The molecule has 0 spiro atoms. The highest BCUT2D eigenvalue weighted by molar-refractivity contribution is 6.33. The molecule has 0 saturated carbocycles. The fraction of sp³-hybridized carbons (Fsp3) is 0.517. The van der Waals surface area contributed by atoms with Gasteiger partial charge in [0.15, 0.2) is 0 Å². The Kier molecular flexibility index (Phi) is 9.80. The molecule has 6 nitrogen and oxygen atoms in total. The van der Waals surface area contributed by atoms with Gasteiger partial charge in [0.2, 0.25) is 5.91 Å². The highest BCUT2D eigenvalue weighted by Crippen LogP contribution is 2.33. The lowest BCUT2D eigenvalue weighted by Crippen LogP contribution is -2.51. The van der Waals surface area contributed by atoms with Crippen molar-refractivity contribution in [3.8, 4) is 0 Å². The number of amides is 2. The highest BCUT2D eigenvalue weighted by atomic mass is 35.5. The van der Waals surface area contributed by atoms with Crippen LogP contribution in [0.4, 0.5) is 29.3 Å². The largest absolute Gasteiger partial charge is 0.444 e. The smallest absolute Gasteiger partial charge is 0.416 e. The SMILES string of the molecule is CC(C)CN(Cc1ccc(C(F)(F)F)cc1)c1ccc(NC(=O)[C@H]2CCCCN2C(=O)OC(C)(C)C)cc1Cl. The molecule has 214 valence electrons. The van der Waals surface area contributed by atoms with Crippen molar-refractivity contribution in [2.75, 3.05) is 23.3 Å². The van der Waals surface area contributed by atoms with E-state index in [1.807, 2.05) is 18.7 Å². The predicted molar refractivity (Wildman–Crippen MR) is 148 cm³/mol. The predicted octanol–water partition coefficient (Wildman–Crippen LogP) is 7.75. The van der Waals surface area contributed by atoms with Gasteiger partial charge in [-0.05, 0) is 81.8 Å². The molecule has 2 aromatic carbocycles. The summed E-state index contributed by atoms with van der Waals surface area (Å²) in [6.07, 6.45) is -2.74. The van der Waals surface area contributed by atoms with Crippen LogP contribution >= 0.6 is 11.6 Å². The van der Waals surface area contributed by atoms with Gasteiger partial charge in [0.1, 0.15) is 11.6 Å². The van der Waals surface area contributed by atoms with Crippen molar-refractivity contribution in [3.05, 3.63) is 58.6 Å². The Bertz CT molecular complexity index is 1150. The molecule has 10 heteroatoms. The van der Waals surface area contributed by atoms with E-state index in [-0.39, 0.29) is 11.8 Å². The lowest BCUT2D eigenvalue weighted by atomic mass is 10.0. The summed E-state index contributed by atoms with van der Waals surface area (Å²) in [5.41, 5.74) is 0.555. The van der Waals surface area contributed by atoms with Crippen LogP contribution in [0.1, 0.15) is 65.0 Å². The van der Waals surface area contributed by atoms with E-state index < -0.39 is 29.5 Å². The number of nitrogens with zero attached hydrogens (tertiary/aromatic N) is 2. The monoisotopic (exact) mass is 567 g/mol. The van der Waals surface area contributed by atoms with E-state index in [1.54, 1.807) is 39.0 Å². The first-order valence-corrected chi connectivity index (χ1v) is 13.5. The minimum Gasteiger partial charge on any atom is -0.444 e. The lowest BCUT2D eigenvalue weighted by molar-refractivity contribution is -0.137. The van der Waals surface area contributed by atoms with E-state index in [0.717, 1.165) is 30.5 Å². The molecule has 1 saturated heterocycles. The molecule has 0 aliphatic carbocycles. The highest BCUT2D eigenvalue weighted by Gasteiger charge is 2.35. The van der Waals surface area contributed by atoms with Crippen molar-refractivity contribution < 1.29 is 27.5 Å². The summed E-state index contributed by atoms with van der Waals surface area (Å²) in [5.74, 6) is -0.0480. The fourth-order valence-corrected chi connectivity index (χ4v) is 4.82. The Balaban J connectivity index is 1.75. The summed E-state index contributed by atoms with van der Waals surface area (Å²) < 4.78 is 44.4. The number of piperidine rings is 1. The lowest BCUT2D eigenvalue weighted by Gasteiger charge is -2.35.